The Morgan fingerprint density at radius 2 is 1.88 bits per heavy atom. The normalized spacial score (nSPS) is 19.5. The largest absolute Gasteiger partial charge is 0.368 e. The molecular formula is C18H25F2N3O2. The third-order valence-corrected chi connectivity index (χ3v) is 4.99. The van der Waals surface area contributed by atoms with Gasteiger partial charge in [0.1, 0.15) is 12.3 Å². The van der Waals surface area contributed by atoms with Crippen molar-refractivity contribution in [1.29, 1.82) is 0 Å². The van der Waals surface area contributed by atoms with Crippen LogP contribution in [-0.4, -0.2) is 54.7 Å². The number of ether oxygens (including phenoxy) is 1. The summed E-state index contributed by atoms with van der Waals surface area (Å²) in [7, 11) is 0. The van der Waals surface area contributed by atoms with E-state index in [9.17, 15) is 13.6 Å². The van der Waals surface area contributed by atoms with Crippen molar-refractivity contribution in [1.82, 2.24) is 9.88 Å². The molecule has 1 amide bonds. The lowest BCUT2D eigenvalue weighted by atomic mass is 9.98. The maximum Gasteiger partial charge on any atom is 0.280 e. The number of pyridine rings is 1. The van der Waals surface area contributed by atoms with E-state index in [-0.39, 0.29) is 24.3 Å². The highest BCUT2D eigenvalue weighted by atomic mass is 19.3. The maximum atomic E-state index is 12.6. The summed E-state index contributed by atoms with van der Waals surface area (Å²) in [5.41, 5.74) is 0.604. The van der Waals surface area contributed by atoms with Crippen molar-refractivity contribution < 1.29 is 18.3 Å². The predicted octanol–water partition coefficient (Wildman–Crippen LogP) is 3.02. The summed E-state index contributed by atoms with van der Waals surface area (Å²) in [5.74, 6) is 0.0383. The fraction of sp³-hybridized carbons (Fsp3) is 0.667. The smallest absolute Gasteiger partial charge is 0.280 e. The van der Waals surface area contributed by atoms with Gasteiger partial charge in [-0.15, -0.1) is 0 Å². The van der Waals surface area contributed by atoms with Gasteiger partial charge in [0, 0.05) is 26.2 Å². The van der Waals surface area contributed by atoms with Gasteiger partial charge in [0.2, 0.25) is 5.91 Å². The molecule has 1 saturated carbocycles. The number of carbonyl (C=O) groups is 1. The molecule has 7 heteroatoms. The first-order chi connectivity index (χ1) is 12.1. The number of anilines is 1. The van der Waals surface area contributed by atoms with Gasteiger partial charge in [-0.3, -0.25) is 9.78 Å². The summed E-state index contributed by atoms with van der Waals surface area (Å²) in [5, 5.41) is 0. The molecular weight excluding hydrogens is 328 g/mol. The molecule has 0 aromatic carbocycles. The molecule has 0 unspecified atom stereocenters. The van der Waals surface area contributed by atoms with Gasteiger partial charge < -0.3 is 14.5 Å². The van der Waals surface area contributed by atoms with Gasteiger partial charge in [0.15, 0.2) is 0 Å². The number of amides is 1. The summed E-state index contributed by atoms with van der Waals surface area (Å²) in [4.78, 5) is 20.0. The lowest BCUT2D eigenvalue weighted by molar-refractivity contribution is -0.139. The summed E-state index contributed by atoms with van der Waals surface area (Å²) < 4.78 is 30.9. The summed E-state index contributed by atoms with van der Waals surface area (Å²) >= 11 is 0. The monoisotopic (exact) mass is 353 g/mol. The van der Waals surface area contributed by atoms with Gasteiger partial charge >= 0.3 is 0 Å². The molecule has 138 valence electrons. The average Bonchev–Trinajstić information content (AvgIpc) is 2.67. The molecule has 3 rings (SSSR count). The molecule has 1 aliphatic carbocycles. The topological polar surface area (TPSA) is 45.7 Å². The van der Waals surface area contributed by atoms with Crippen LogP contribution >= 0.6 is 0 Å². The third-order valence-electron chi connectivity index (χ3n) is 4.99. The molecule has 1 saturated heterocycles. The van der Waals surface area contributed by atoms with E-state index in [1.165, 1.54) is 31.5 Å². The average molecular weight is 353 g/mol. The van der Waals surface area contributed by atoms with Crippen molar-refractivity contribution in [2.75, 3.05) is 37.7 Å². The highest BCUT2D eigenvalue weighted by molar-refractivity contribution is 5.77. The zero-order valence-electron chi connectivity index (χ0n) is 14.4. The van der Waals surface area contributed by atoms with Crippen LogP contribution in [0, 0.1) is 0 Å². The molecule has 2 aliphatic rings. The summed E-state index contributed by atoms with van der Waals surface area (Å²) in [6, 6.07) is 3.02. The van der Waals surface area contributed by atoms with Crippen molar-refractivity contribution in [3.63, 3.8) is 0 Å². The van der Waals surface area contributed by atoms with Crippen molar-refractivity contribution >= 4 is 11.6 Å². The fourth-order valence-electron chi connectivity index (χ4n) is 3.44. The number of piperazine rings is 1. The first-order valence-electron chi connectivity index (χ1n) is 9.02. The zero-order valence-corrected chi connectivity index (χ0v) is 14.4. The van der Waals surface area contributed by atoms with Gasteiger partial charge in [-0.2, -0.15) is 0 Å². The second kappa shape index (κ2) is 8.56. The Balaban J connectivity index is 1.43. The van der Waals surface area contributed by atoms with Crippen LogP contribution in [0.3, 0.4) is 0 Å². The van der Waals surface area contributed by atoms with Crippen LogP contribution in [0.4, 0.5) is 14.5 Å². The second-order valence-corrected chi connectivity index (χ2v) is 6.68. The minimum absolute atomic E-state index is 0.0383. The Labute approximate surface area is 147 Å². The summed E-state index contributed by atoms with van der Waals surface area (Å²) in [6.45, 7) is 2.73. The van der Waals surface area contributed by atoms with Crippen molar-refractivity contribution in [2.45, 2.75) is 44.6 Å². The number of carbonyl (C=O) groups excluding carboxylic acids is 1. The molecule has 1 aromatic rings. The van der Waals surface area contributed by atoms with Crippen molar-refractivity contribution in [3.05, 3.63) is 24.0 Å². The van der Waals surface area contributed by atoms with Crippen LogP contribution in [0.5, 0.6) is 0 Å². The third kappa shape index (κ3) is 4.87. The SMILES string of the molecule is O=C(COC1CCCCC1)N1CCN(c2ccc(C(F)F)nc2)CC1. The molecule has 0 radical (unpaired) electrons. The Morgan fingerprint density at radius 1 is 1.16 bits per heavy atom. The molecule has 1 aliphatic heterocycles. The van der Waals surface area contributed by atoms with Crippen LogP contribution in [0.2, 0.25) is 0 Å². The number of alkyl halides is 2. The van der Waals surface area contributed by atoms with Crippen LogP contribution in [0.1, 0.15) is 44.2 Å². The quantitative estimate of drug-likeness (QED) is 0.816. The standard InChI is InChI=1S/C18H25F2N3O2/c19-18(20)16-7-6-14(12-21-16)22-8-10-23(11-9-22)17(24)13-25-15-4-2-1-3-5-15/h6-7,12,15,18H,1-5,8-11,13H2. The maximum absolute atomic E-state index is 12.6. The molecule has 2 fully saturated rings. The molecule has 0 atom stereocenters. The van der Waals surface area contributed by atoms with Crippen LogP contribution in [0.15, 0.2) is 18.3 Å². The van der Waals surface area contributed by atoms with E-state index in [4.69, 9.17) is 4.74 Å². The lowest BCUT2D eigenvalue weighted by Gasteiger charge is -2.36. The van der Waals surface area contributed by atoms with Gasteiger partial charge in [0.25, 0.3) is 6.43 Å². The lowest BCUT2D eigenvalue weighted by Crippen LogP contribution is -2.50. The highest BCUT2D eigenvalue weighted by Gasteiger charge is 2.23. The minimum atomic E-state index is -2.55. The molecule has 5 nitrogen and oxygen atoms in total. The molecule has 0 spiro atoms. The van der Waals surface area contributed by atoms with E-state index in [1.54, 1.807) is 6.07 Å². The van der Waals surface area contributed by atoms with E-state index in [0.29, 0.717) is 26.2 Å². The summed E-state index contributed by atoms with van der Waals surface area (Å²) in [6.07, 6.45) is 4.93. The van der Waals surface area contributed by atoms with Crippen LogP contribution in [-0.2, 0) is 9.53 Å². The Kier molecular flexibility index (Phi) is 6.18. The van der Waals surface area contributed by atoms with E-state index in [0.717, 1.165) is 18.5 Å². The minimum Gasteiger partial charge on any atom is -0.368 e. The molecule has 1 aromatic heterocycles. The molecule has 2 heterocycles. The van der Waals surface area contributed by atoms with Crippen LogP contribution < -0.4 is 4.90 Å². The molecule has 25 heavy (non-hydrogen) atoms. The van der Waals surface area contributed by atoms with E-state index in [2.05, 4.69) is 9.88 Å². The molecule has 0 N–H and O–H groups in total. The van der Waals surface area contributed by atoms with Crippen LogP contribution in [0.25, 0.3) is 0 Å². The zero-order chi connectivity index (χ0) is 17.6. The number of aromatic nitrogens is 1. The number of nitrogens with zero attached hydrogens (tertiary/aromatic N) is 3. The fourth-order valence-corrected chi connectivity index (χ4v) is 3.44. The van der Waals surface area contributed by atoms with Crippen molar-refractivity contribution in [2.24, 2.45) is 0 Å². The first-order valence-corrected chi connectivity index (χ1v) is 9.02. The molecule has 0 bridgehead atoms. The first kappa shape index (κ1) is 18.0. The van der Waals surface area contributed by atoms with Gasteiger partial charge in [-0.25, -0.2) is 8.78 Å². The van der Waals surface area contributed by atoms with Crippen molar-refractivity contribution in [3.8, 4) is 0 Å². The van der Waals surface area contributed by atoms with E-state index >= 15 is 0 Å². The van der Waals surface area contributed by atoms with E-state index in [1.807, 2.05) is 4.90 Å². The van der Waals surface area contributed by atoms with Gasteiger partial charge in [-0.05, 0) is 25.0 Å². The second-order valence-electron chi connectivity index (χ2n) is 6.68. The number of hydrogen-bond acceptors (Lipinski definition) is 4. The Hall–Kier alpha value is -1.76. The van der Waals surface area contributed by atoms with Gasteiger partial charge in [0.05, 0.1) is 18.0 Å². The Bertz CT molecular complexity index is 554. The van der Waals surface area contributed by atoms with E-state index < -0.39 is 6.43 Å². The Morgan fingerprint density at radius 3 is 2.48 bits per heavy atom. The predicted molar refractivity (Wildman–Crippen MR) is 90.8 cm³/mol. The number of halogens is 2. The highest BCUT2D eigenvalue weighted by Crippen LogP contribution is 2.22. The number of hydrogen-bond donors (Lipinski definition) is 0. The number of rotatable bonds is 5. The van der Waals surface area contributed by atoms with Gasteiger partial charge in [-0.1, -0.05) is 19.3 Å².